The van der Waals surface area contributed by atoms with Gasteiger partial charge in [0.1, 0.15) is 0 Å². The predicted octanol–water partition coefficient (Wildman–Crippen LogP) is 3.49. The molecule has 7 heteroatoms. The summed E-state index contributed by atoms with van der Waals surface area (Å²) in [7, 11) is 0. The van der Waals surface area contributed by atoms with Crippen molar-refractivity contribution in [3.05, 3.63) is 60.7 Å². The first-order valence-corrected chi connectivity index (χ1v) is 9.89. The lowest BCUT2D eigenvalue weighted by atomic mass is 9.98. The fourth-order valence-electron chi connectivity index (χ4n) is 3.24. The van der Waals surface area contributed by atoms with E-state index < -0.39 is 0 Å². The fraction of sp³-hybridized carbons (Fsp3) is 0.300. The van der Waals surface area contributed by atoms with Crippen molar-refractivity contribution in [2.45, 2.75) is 17.7 Å². The van der Waals surface area contributed by atoms with E-state index in [0.717, 1.165) is 10.5 Å². The minimum absolute atomic E-state index is 0.0635. The van der Waals surface area contributed by atoms with Crippen molar-refractivity contribution in [1.29, 1.82) is 0 Å². The highest BCUT2D eigenvalue weighted by molar-refractivity contribution is 8.00. The summed E-state index contributed by atoms with van der Waals surface area (Å²) in [5, 5.41) is 4.08. The molecule has 0 saturated carbocycles. The van der Waals surface area contributed by atoms with Gasteiger partial charge >= 0.3 is 0 Å². The number of nitrogens with zero attached hydrogens (tertiary/aromatic N) is 4. The molecular weight excluding hydrogens is 360 g/mol. The van der Waals surface area contributed by atoms with Gasteiger partial charge in [0.05, 0.1) is 11.7 Å². The van der Waals surface area contributed by atoms with Crippen LogP contribution >= 0.6 is 11.8 Å². The van der Waals surface area contributed by atoms with Gasteiger partial charge in [-0.2, -0.15) is 4.98 Å². The largest absolute Gasteiger partial charge is 0.341 e. The number of aromatic nitrogens is 3. The molecule has 2 aromatic heterocycles. The third-order valence-corrected chi connectivity index (χ3v) is 5.75. The summed E-state index contributed by atoms with van der Waals surface area (Å²) in [4.78, 5) is 24.2. The molecule has 0 spiro atoms. The molecule has 3 heterocycles. The number of amides is 1. The van der Waals surface area contributed by atoms with E-state index >= 15 is 0 Å². The summed E-state index contributed by atoms with van der Waals surface area (Å²) in [6, 6.07) is 13.7. The topological polar surface area (TPSA) is 72.1 Å². The van der Waals surface area contributed by atoms with Crippen molar-refractivity contribution in [2.24, 2.45) is 5.92 Å². The maximum absolute atomic E-state index is 12.6. The molecule has 0 aliphatic carbocycles. The Bertz CT molecular complexity index is 901. The van der Waals surface area contributed by atoms with E-state index in [9.17, 15) is 4.79 Å². The first-order chi connectivity index (χ1) is 13.2. The monoisotopic (exact) mass is 380 g/mol. The summed E-state index contributed by atoms with van der Waals surface area (Å²) < 4.78 is 5.50. The SMILES string of the molecule is C[C@H]1CN(C(=O)CSc2ccccc2)C[C@@H]1c1nc(-c2cccnc2)no1. The van der Waals surface area contributed by atoms with Crippen LogP contribution in [-0.4, -0.2) is 44.8 Å². The Morgan fingerprint density at radius 2 is 2.07 bits per heavy atom. The van der Waals surface area contributed by atoms with Crippen LogP contribution in [0.1, 0.15) is 18.7 Å². The van der Waals surface area contributed by atoms with Crippen molar-refractivity contribution < 1.29 is 9.32 Å². The molecule has 0 bridgehead atoms. The fourth-order valence-corrected chi connectivity index (χ4v) is 4.07. The van der Waals surface area contributed by atoms with Gasteiger partial charge in [0.25, 0.3) is 0 Å². The van der Waals surface area contributed by atoms with Gasteiger partial charge in [-0.25, -0.2) is 0 Å². The maximum Gasteiger partial charge on any atom is 0.232 e. The van der Waals surface area contributed by atoms with Crippen molar-refractivity contribution in [1.82, 2.24) is 20.0 Å². The first-order valence-electron chi connectivity index (χ1n) is 8.90. The molecule has 1 saturated heterocycles. The molecule has 1 aromatic carbocycles. The van der Waals surface area contributed by atoms with Crippen molar-refractivity contribution in [2.75, 3.05) is 18.8 Å². The van der Waals surface area contributed by atoms with E-state index in [0.29, 0.717) is 30.6 Å². The zero-order valence-corrected chi connectivity index (χ0v) is 15.8. The molecule has 2 atom stereocenters. The average Bonchev–Trinajstić information content (AvgIpc) is 3.34. The van der Waals surface area contributed by atoms with E-state index in [1.807, 2.05) is 47.4 Å². The minimum Gasteiger partial charge on any atom is -0.341 e. The highest BCUT2D eigenvalue weighted by Crippen LogP contribution is 2.33. The van der Waals surface area contributed by atoms with E-state index in [1.54, 1.807) is 24.2 Å². The lowest BCUT2D eigenvalue weighted by Crippen LogP contribution is -2.30. The van der Waals surface area contributed by atoms with E-state index in [1.165, 1.54) is 0 Å². The van der Waals surface area contributed by atoms with Gasteiger partial charge in [-0.05, 0) is 30.2 Å². The van der Waals surface area contributed by atoms with Crippen molar-refractivity contribution >= 4 is 17.7 Å². The molecule has 138 valence electrons. The number of rotatable bonds is 5. The van der Waals surface area contributed by atoms with Crippen LogP contribution in [0.15, 0.2) is 64.3 Å². The third kappa shape index (κ3) is 4.03. The van der Waals surface area contributed by atoms with E-state index in [2.05, 4.69) is 22.0 Å². The van der Waals surface area contributed by atoms with Crippen molar-refractivity contribution in [3.8, 4) is 11.4 Å². The number of likely N-dealkylation sites (tertiary alicyclic amines) is 1. The number of carbonyl (C=O) groups is 1. The Kier molecular flexibility index (Phi) is 5.20. The van der Waals surface area contributed by atoms with Crippen LogP contribution in [-0.2, 0) is 4.79 Å². The normalized spacial score (nSPS) is 19.4. The second-order valence-electron chi connectivity index (χ2n) is 6.68. The van der Waals surface area contributed by atoms with Gasteiger partial charge in [-0.3, -0.25) is 9.78 Å². The predicted molar refractivity (Wildman–Crippen MR) is 103 cm³/mol. The molecule has 1 amide bonds. The Morgan fingerprint density at radius 3 is 2.85 bits per heavy atom. The van der Waals surface area contributed by atoms with Crippen LogP contribution in [0.4, 0.5) is 0 Å². The number of pyridine rings is 1. The summed E-state index contributed by atoms with van der Waals surface area (Å²) in [5.41, 5.74) is 0.824. The molecule has 0 unspecified atom stereocenters. The summed E-state index contributed by atoms with van der Waals surface area (Å²) >= 11 is 1.57. The zero-order valence-electron chi connectivity index (χ0n) is 15.0. The highest BCUT2D eigenvalue weighted by Gasteiger charge is 2.36. The van der Waals surface area contributed by atoms with Crippen LogP contribution in [0.2, 0.25) is 0 Å². The standard InChI is InChI=1S/C20H20N4O2S/c1-14-11-24(18(25)13-27-16-7-3-2-4-8-16)12-17(14)20-22-19(23-26-20)15-6-5-9-21-10-15/h2-10,14,17H,11-13H2,1H3/t14-,17-/m0/s1. The second-order valence-corrected chi connectivity index (χ2v) is 7.73. The summed E-state index contributed by atoms with van der Waals surface area (Å²) in [6.45, 7) is 3.45. The van der Waals surface area contributed by atoms with Gasteiger partial charge in [0.15, 0.2) is 0 Å². The van der Waals surface area contributed by atoms with Crippen LogP contribution in [0.25, 0.3) is 11.4 Å². The Balaban J connectivity index is 1.39. The van der Waals surface area contributed by atoms with Gasteiger partial charge in [0, 0.05) is 35.9 Å². The Morgan fingerprint density at radius 1 is 1.22 bits per heavy atom. The number of thioether (sulfide) groups is 1. The molecule has 27 heavy (non-hydrogen) atoms. The molecular formula is C20H20N4O2S. The van der Waals surface area contributed by atoms with Gasteiger partial charge in [-0.15, -0.1) is 11.8 Å². The second kappa shape index (κ2) is 7.92. The lowest BCUT2D eigenvalue weighted by Gasteiger charge is -2.15. The Hall–Kier alpha value is -2.67. The van der Waals surface area contributed by atoms with E-state index in [4.69, 9.17) is 4.52 Å². The quantitative estimate of drug-likeness (QED) is 0.631. The van der Waals surface area contributed by atoms with Crippen LogP contribution < -0.4 is 0 Å². The number of hydrogen-bond acceptors (Lipinski definition) is 6. The summed E-state index contributed by atoms with van der Waals surface area (Å²) in [5.74, 6) is 2.05. The Labute approximate surface area is 162 Å². The minimum atomic E-state index is 0.0635. The highest BCUT2D eigenvalue weighted by atomic mass is 32.2. The molecule has 1 aliphatic heterocycles. The van der Waals surface area contributed by atoms with Crippen LogP contribution in [0.3, 0.4) is 0 Å². The summed E-state index contributed by atoms with van der Waals surface area (Å²) in [6.07, 6.45) is 3.42. The molecule has 1 fully saturated rings. The molecule has 3 aromatic rings. The zero-order chi connectivity index (χ0) is 18.6. The van der Waals surface area contributed by atoms with Gasteiger partial charge in [-0.1, -0.05) is 30.3 Å². The van der Waals surface area contributed by atoms with Gasteiger partial charge < -0.3 is 9.42 Å². The van der Waals surface area contributed by atoms with E-state index in [-0.39, 0.29) is 17.7 Å². The average molecular weight is 380 g/mol. The third-order valence-electron chi connectivity index (χ3n) is 4.75. The lowest BCUT2D eigenvalue weighted by molar-refractivity contribution is -0.127. The molecule has 0 N–H and O–H groups in total. The van der Waals surface area contributed by atoms with Crippen LogP contribution in [0.5, 0.6) is 0 Å². The van der Waals surface area contributed by atoms with Crippen LogP contribution in [0, 0.1) is 5.92 Å². The first kappa shape index (κ1) is 17.7. The maximum atomic E-state index is 12.6. The molecule has 6 nitrogen and oxygen atoms in total. The number of hydrogen-bond donors (Lipinski definition) is 0. The number of benzene rings is 1. The smallest absolute Gasteiger partial charge is 0.232 e. The molecule has 0 radical (unpaired) electrons. The molecule has 1 aliphatic rings. The molecule has 4 rings (SSSR count). The van der Waals surface area contributed by atoms with Crippen molar-refractivity contribution in [3.63, 3.8) is 0 Å². The number of carbonyl (C=O) groups excluding carboxylic acids is 1. The van der Waals surface area contributed by atoms with Gasteiger partial charge in [0.2, 0.25) is 17.6 Å².